The molecule has 0 spiro atoms. The van der Waals surface area contributed by atoms with Gasteiger partial charge in [0.2, 0.25) is 0 Å². The molecule has 1 aromatic heterocycles. The Balaban J connectivity index is 2.10. The number of hydrogen-bond donors (Lipinski definition) is 1. The van der Waals surface area contributed by atoms with Gasteiger partial charge in [-0.2, -0.15) is 0 Å². The van der Waals surface area contributed by atoms with E-state index < -0.39 is 28.3 Å². The monoisotopic (exact) mass is 272 g/mol. The molecule has 1 heterocycles. The molecule has 0 saturated heterocycles. The molecular weight excluding hydrogens is 265 g/mol. The standard InChI is InChI=1S/C11H7F3N2O3/c12-7-2-3-8(11(14)10(7)13)15-5-6-1-4-9(19-6)16(17)18/h1-4,15H,5H2. The number of nitrogens with one attached hydrogen (secondary N) is 1. The molecule has 2 rings (SSSR count). The summed E-state index contributed by atoms with van der Waals surface area (Å²) in [5, 5.41) is 12.8. The van der Waals surface area contributed by atoms with Crippen LogP contribution in [0.4, 0.5) is 24.7 Å². The molecule has 19 heavy (non-hydrogen) atoms. The van der Waals surface area contributed by atoms with E-state index in [-0.39, 0.29) is 18.0 Å². The smallest absolute Gasteiger partial charge is 0.404 e. The van der Waals surface area contributed by atoms with Gasteiger partial charge in [0, 0.05) is 0 Å². The van der Waals surface area contributed by atoms with Crippen molar-refractivity contribution in [1.82, 2.24) is 0 Å². The number of halogens is 3. The number of benzene rings is 1. The summed E-state index contributed by atoms with van der Waals surface area (Å²) < 4.78 is 43.7. The largest absolute Gasteiger partial charge is 0.433 e. The van der Waals surface area contributed by atoms with E-state index in [2.05, 4.69) is 5.32 Å². The van der Waals surface area contributed by atoms with Gasteiger partial charge in [0.15, 0.2) is 17.5 Å². The van der Waals surface area contributed by atoms with Crippen LogP contribution < -0.4 is 5.32 Å². The lowest BCUT2D eigenvalue weighted by Gasteiger charge is -2.06. The Hall–Kier alpha value is -2.51. The van der Waals surface area contributed by atoms with Crippen LogP contribution >= 0.6 is 0 Å². The Labute approximate surface area is 104 Å². The molecule has 0 aliphatic rings. The first-order chi connectivity index (χ1) is 8.99. The van der Waals surface area contributed by atoms with E-state index in [9.17, 15) is 23.3 Å². The van der Waals surface area contributed by atoms with E-state index in [1.54, 1.807) is 0 Å². The van der Waals surface area contributed by atoms with Crippen molar-refractivity contribution in [1.29, 1.82) is 0 Å². The maximum Gasteiger partial charge on any atom is 0.433 e. The molecule has 0 aliphatic carbocycles. The fourth-order valence-electron chi connectivity index (χ4n) is 1.40. The zero-order valence-corrected chi connectivity index (χ0v) is 9.32. The van der Waals surface area contributed by atoms with Crippen LogP contribution in [0.25, 0.3) is 0 Å². The first kappa shape index (κ1) is 12.9. The average Bonchev–Trinajstić information content (AvgIpc) is 2.84. The van der Waals surface area contributed by atoms with Crippen molar-refractivity contribution < 1.29 is 22.5 Å². The number of hydrogen-bond acceptors (Lipinski definition) is 4. The van der Waals surface area contributed by atoms with Crippen LogP contribution in [-0.4, -0.2) is 4.92 Å². The molecule has 100 valence electrons. The lowest BCUT2D eigenvalue weighted by atomic mass is 10.2. The SMILES string of the molecule is O=[N+]([O-])c1ccc(CNc2ccc(F)c(F)c2F)o1. The van der Waals surface area contributed by atoms with Crippen LogP contribution in [-0.2, 0) is 6.54 Å². The lowest BCUT2D eigenvalue weighted by molar-refractivity contribution is -0.402. The highest BCUT2D eigenvalue weighted by molar-refractivity contribution is 5.45. The molecular formula is C11H7F3N2O3. The predicted octanol–water partition coefficient (Wildman–Crippen LogP) is 3.22. The van der Waals surface area contributed by atoms with Crippen molar-refractivity contribution in [2.75, 3.05) is 5.32 Å². The normalized spacial score (nSPS) is 10.5. The summed E-state index contributed by atoms with van der Waals surface area (Å²) in [5.41, 5.74) is -0.266. The molecule has 0 amide bonds. The van der Waals surface area contributed by atoms with Crippen molar-refractivity contribution >= 4 is 11.6 Å². The number of nitrogens with zero attached hydrogens (tertiary/aromatic N) is 1. The fraction of sp³-hybridized carbons (Fsp3) is 0.0909. The Bertz CT molecular complexity index is 628. The van der Waals surface area contributed by atoms with Gasteiger partial charge in [-0.05, 0) is 18.2 Å². The number of anilines is 1. The van der Waals surface area contributed by atoms with E-state index in [1.165, 1.54) is 6.07 Å². The summed E-state index contributed by atoms with van der Waals surface area (Å²) >= 11 is 0. The van der Waals surface area contributed by atoms with Crippen LogP contribution in [0.1, 0.15) is 5.76 Å². The third-order valence-corrected chi connectivity index (χ3v) is 2.32. The number of furan rings is 1. The topological polar surface area (TPSA) is 68.3 Å². The molecule has 0 atom stereocenters. The van der Waals surface area contributed by atoms with E-state index in [0.717, 1.165) is 18.2 Å². The van der Waals surface area contributed by atoms with Gasteiger partial charge in [-0.25, -0.2) is 13.2 Å². The molecule has 1 N–H and O–H groups in total. The van der Waals surface area contributed by atoms with Crippen molar-refractivity contribution in [3.63, 3.8) is 0 Å². The summed E-state index contributed by atoms with van der Waals surface area (Å²) in [6.07, 6.45) is 0. The van der Waals surface area contributed by atoms with Crippen molar-refractivity contribution in [3.05, 3.63) is 57.6 Å². The van der Waals surface area contributed by atoms with Gasteiger partial charge in [-0.15, -0.1) is 0 Å². The molecule has 0 aliphatic heterocycles. The van der Waals surface area contributed by atoms with Gasteiger partial charge in [0.25, 0.3) is 0 Å². The maximum absolute atomic E-state index is 13.3. The number of nitro groups is 1. The highest BCUT2D eigenvalue weighted by Crippen LogP contribution is 2.21. The molecule has 0 radical (unpaired) electrons. The van der Waals surface area contributed by atoms with Crippen molar-refractivity contribution in [2.45, 2.75) is 6.54 Å². The first-order valence-corrected chi connectivity index (χ1v) is 5.09. The van der Waals surface area contributed by atoms with Gasteiger partial charge in [-0.3, -0.25) is 10.1 Å². The zero-order chi connectivity index (χ0) is 14.0. The van der Waals surface area contributed by atoms with E-state index >= 15 is 0 Å². The van der Waals surface area contributed by atoms with Crippen LogP contribution in [0.3, 0.4) is 0 Å². The minimum atomic E-state index is -1.59. The number of rotatable bonds is 4. The summed E-state index contributed by atoms with van der Waals surface area (Å²) in [4.78, 5) is 9.64. The predicted molar refractivity (Wildman–Crippen MR) is 59.0 cm³/mol. The first-order valence-electron chi connectivity index (χ1n) is 5.09. The second-order valence-corrected chi connectivity index (χ2v) is 3.57. The highest BCUT2D eigenvalue weighted by Gasteiger charge is 2.15. The summed E-state index contributed by atoms with van der Waals surface area (Å²) in [7, 11) is 0. The lowest BCUT2D eigenvalue weighted by Crippen LogP contribution is -2.03. The molecule has 5 nitrogen and oxygen atoms in total. The van der Waals surface area contributed by atoms with Gasteiger partial charge in [0.05, 0.1) is 18.3 Å². The van der Waals surface area contributed by atoms with E-state index in [4.69, 9.17) is 4.42 Å². The molecule has 0 unspecified atom stereocenters. The Kier molecular flexibility index (Phi) is 3.41. The molecule has 1 aromatic carbocycles. The Morgan fingerprint density at radius 1 is 1.16 bits per heavy atom. The second-order valence-electron chi connectivity index (χ2n) is 3.57. The maximum atomic E-state index is 13.3. The summed E-state index contributed by atoms with van der Waals surface area (Å²) in [6.45, 7) is -0.101. The molecule has 0 fully saturated rings. The molecule has 0 saturated carbocycles. The molecule has 2 aromatic rings. The highest BCUT2D eigenvalue weighted by atomic mass is 19.2. The van der Waals surface area contributed by atoms with Crippen LogP contribution in [0.15, 0.2) is 28.7 Å². The summed E-state index contributed by atoms with van der Waals surface area (Å²) in [5.74, 6) is -4.54. The van der Waals surface area contributed by atoms with Gasteiger partial charge in [0.1, 0.15) is 10.7 Å². The average molecular weight is 272 g/mol. The van der Waals surface area contributed by atoms with Gasteiger partial charge >= 0.3 is 5.88 Å². The van der Waals surface area contributed by atoms with Crippen LogP contribution in [0.2, 0.25) is 0 Å². The zero-order valence-electron chi connectivity index (χ0n) is 9.32. The summed E-state index contributed by atoms with van der Waals surface area (Å²) in [6, 6.07) is 4.25. The van der Waals surface area contributed by atoms with Crippen molar-refractivity contribution in [2.24, 2.45) is 0 Å². The third kappa shape index (κ3) is 2.67. The van der Waals surface area contributed by atoms with Gasteiger partial charge < -0.3 is 9.73 Å². The Morgan fingerprint density at radius 3 is 2.53 bits per heavy atom. The minimum absolute atomic E-state index is 0.101. The third-order valence-electron chi connectivity index (χ3n) is 2.32. The quantitative estimate of drug-likeness (QED) is 0.527. The molecule has 0 bridgehead atoms. The minimum Gasteiger partial charge on any atom is -0.404 e. The molecule has 8 heteroatoms. The fourth-order valence-corrected chi connectivity index (χ4v) is 1.40. The van der Waals surface area contributed by atoms with E-state index in [1.807, 2.05) is 0 Å². The van der Waals surface area contributed by atoms with E-state index in [0.29, 0.717) is 0 Å². The van der Waals surface area contributed by atoms with Crippen LogP contribution in [0, 0.1) is 27.6 Å². The van der Waals surface area contributed by atoms with Crippen LogP contribution in [0.5, 0.6) is 0 Å². The second kappa shape index (κ2) is 5.01. The van der Waals surface area contributed by atoms with Crippen molar-refractivity contribution in [3.8, 4) is 0 Å². The van der Waals surface area contributed by atoms with Gasteiger partial charge in [-0.1, -0.05) is 0 Å². The Morgan fingerprint density at radius 2 is 1.89 bits per heavy atom.